The number of alkyl halides is 3. The fourth-order valence-electron chi connectivity index (χ4n) is 4.21. The number of hydrogen-bond donors (Lipinski definition) is 2. The summed E-state index contributed by atoms with van der Waals surface area (Å²) in [5.74, 6) is -0.0503. The van der Waals surface area contributed by atoms with Gasteiger partial charge in [0.2, 0.25) is 0 Å². The molecule has 0 amide bonds. The summed E-state index contributed by atoms with van der Waals surface area (Å²) in [6, 6.07) is 4.80. The molecule has 2 unspecified atom stereocenters. The van der Waals surface area contributed by atoms with E-state index in [-0.39, 0.29) is 35.3 Å². The second-order valence-electron chi connectivity index (χ2n) is 10.5. The van der Waals surface area contributed by atoms with E-state index in [0.717, 1.165) is 12.1 Å². The van der Waals surface area contributed by atoms with Gasteiger partial charge in [0.25, 0.3) is 0 Å². The lowest BCUT2D eigenvalue weighted by atomic mass is 9.91. The van der Waals surface area contributed by atoms with Crippen LogP contribution in [-0.4, -0.2) is 49.7 Å². The zero-order chi connectivity index (χ0) is 24.6. The minimum absolute atomic E-state index is 0.0177. The lowest BCUT2D eigenvalue weighted by Gasteiger charge is -2.38. The Balaban J connectivity index is 1.76. The first-order chi connectivity index (χ1) is 15.2. The lowest BCUT2D eigenvalue weighted by molar-refractivity contribution is -0.137. The molecule has 1 saturated heterocycles. The fourth-order valence-corrected chi connectivity index (χ4v) is 5.46. The van der Waals surface area contributed by atoms with Gasteiger partial charge in [-0.1, -0.05) is 39.0 Å². The van der Waals surface area contributed by atoms with E-state index in [2.05, 4.69) is 33.9 Å². The molecule has 0 radical (unpaired) electrons. The van der Waals surface area contributed by atoms with E-state index in [9.17, 15) is 23.4 Å². The van der Waals surface area contributed by atoms with Crippen LogP contribution in [0.5, 0.6) is 5.75 Å². The molecule has 0 bridgehead atoms. The first-order valence-corrected chi connectivity index (χ1v) is 14.3. The summed E-state index contributed by atoms with van der Waals surface area (Å²) in [5.41, 5.74) is -0.766. The largest absolute Gasteiger partial charge is 0.491 e. The van der Waals surface area contributed by atoms with Crippen LogP contribution in [0.2, 0.25) is 18.1 Å². The summed E-state index contributed by atoms with van der Waals surface area (Å²) in [4.78, 5) is 0. The third-order valence-corrected chi connectivity index (χ3v) is 11.6. The molecule has 33 heavy (non-hydrogen) atoms. The van der Waals surface area contributed by atoms with E-state index in [1.807, 2.05) is 12.2 Å². The summed E-state index contributed by atoms with van der Waals surface area (Å²) in [6.07, 6.45) is -1.85. The summed E-state index contributed by atoms with van der Waals surface area (Å²) in [6.45, 7) is 10.6. The van der Waals surface area contributed by atoms with Crippen molar-refractivity contribution in [2.75, 3.05) is 6.61 Å². The smallest absolute Gasteiger partial charge is 0.416 e. The second-order valence-corrected chi connectivity index (χ2v) is 15.3. The number of benzene rings is 1. The van der Waals surface area contributed by atoms with Gasteiger partial charge < -0.3 is 24.1 Å². The highest BCUT2D eigenvalue weighted by Gasteiger charge is 2.48. The molecule has 5 nitrogen and oxygen atoms in total. The third kappa shape index (κ3) is 6.39. The van der Waals surface area contributed by atoms with Gasteiger partial charge in [0.05, 0.1) is 23.9 Å². The molecule has 0 aromatic heterocycles. The Bertz CT molecular complexity index is 836. The van der Waals surface area contributed by atoms with Crippen molar-refractivity contribution in [3.8, 4) is 5.75 Å². The zero-order valence-corrected chi connectivity index (χ0v) is 20.8. The molecule has 1 aromatic rings. The predicted molar refractivity (Wildman–Crippen MR) is 121 cm³/mol. The standard InChI is InChI=1S/C24H35F3O5Si/c1-23(2,3)33(4,5)32-17(14-30-16-8-6-7-15(11-16)24(25,26)27)9-10-18-19-12-22(29)31-21(19)13-20(18)28/h6-11,17-22,28-29H,12-14H2,1-5H3/b10-9+/t17?,18-,19-,20-,21+,22?/m1/s1. The molecule has 1 saturated carbocycles. The first-order valence-electron chi connectivity index (χ1n) is 11.3. The van der Waals surface area contributed by atoms with E-state index in [1.165, 1.54) is 12.1 Å². The predicted octanol–water partition coefficient (Wildman–Crippen LogP) is 5.14. The van der Waals surface area contributed by atoms with Gasteiger partial charge in [0.15, 0.2) is 14.6 Å². The second kappa shape index (κ2) is 9.69. The van der Waals surface area contributed by atoms with Crippen molar-refractivity contribution in [3.63, 3.8) is 0 Å². The molecular weight excluding hydrogens is 453 g/mol. The van der Waals surface area contributed by atoms with Gasteiger partial charge in [-0.05, 0) is 42.2 Å². The van der Waals surface area contributed by atoms with Gasteiger partial charge in [-0.3, -0.25) is 0 Å². The Morgan fingerprint density at radius 1 is 1.18 bits per heavy atom. The lowest BCUT2D eigenvalue weighted by Crippen LogP contribution is -2.45. The highest BCUT2D eigenvalue weighted by atomic mass is 28.4. The number of hydrogen-bond acceptors (Lipinski definition) is 5. The van der Waals surface area contributed by atoms with Crippen LogP contribution in [0.3, 0.4) is 0 Å². The van der Waals surface area contributed by atoms with Crippen LogP contribution in [-0.2, 0) is 15.3 Å². The Labute approximate surface area is 194 Å². The minimum atomic E-state index is -4.45. The molecule has 1 aromatic carbocycles. The van der Waals surface area contributed by atoms with Crippen LogP contribution in [0.4, 0.5) is 13.2 Å². The highest BCUT2D eigenvalue weighted by molar-refractivity contribution is 6.74. The van der Waals surface area contributed by atoms with Gasteiger partial charge in [0, 0.05) is 18.8 Å². The van der Waals surface area contributed by atoms with Crippen molar-refractivity contribution in [1.29, 1.82) is 0 Å². The molecule has 2 fully saturated rings. The molecule has 1 heterocycles. The van der Waals surface area contributed by atoms with Crippen LogP contribution >= 0.6 is 0 Å². The van der Waals surface area contributed by atoms with E-state index in [0.29, 0.717) is 12.8 Å². The summed E-state index contributed by atoms with van der Waals surface area (Å²) >= 11 is 0. The number of aliphatic hydroxyl groups excluding tert-OH is 2. The van der Waals surface area contributed by atoms with Gasteiger partial charge in [-0.2, -0.15) is 13.2 Å². The Kier molecular flexibility index (Phi) is 7.70. The van der Waals surface area contributed by atoms with Crippen molar-refractivity contribution >= 4 is 8.32 Å². The molecule has 2 N–H and O–H groups in total. The monoisotopic (exact) mass is 488 g/mol. The number of ether oxygens (including phenoxy) is 2. The zero-order valence-electron chi connectivity index (χ0n) is 19.8. The van der Waals surface area contributed by atoms with Crippen molar-refractivity contribution in [1.82, 2.24) is 0 Å². The average Bonchev–Trinajstić information content (AvgIpc) is 3.17. The maximum absolute atomic E-state index is 13.0. The maximum atomic E-state index is 13.0. The molecule has 1 aliphatic heterocycles. The van der Waals surface area contributed by atoms with Gasteiger partial charge >= 0.3 is 6.18 Å². The summed E-state index contributed by atoms with van der Waals surface area (Å²) in [7, 11) is -2.22. The van der Waals surface area contributed by atoms with E-state index in [4.69, 9.17) is 13.9 Å². The summed E-state index contributed by atoms with van der Waals surface area (Å²) in [5, 5.41) is 20.2. The molecule has 186 valence electrons. The SMILES string of the molecule is CC(C)(C)[Si](C)(C)OC(/C=C/[C@@H]1[C@H]2CC(O)O[C@H]2C[C@H]1O)COc1cccc(C(F)(F)F)c1. The average molecular weight is 489 g/mol. The topological polar surface area (TPSA) is 68.2 Å². The van der Waals surface area contributed by atoms with Crippen LogP contribution in [0.25, 0.3) is 0 Å². The normalized spacial score (nSPS) is 29.5. The Hall–Kier alpha value is -1.39. The highest BCUT2D eigenvalue weighted by Crippen LogP contribution is 2.44. The maximum Gasteiger partial charge on any atom is 0.416 e. The summed E-state index contributed by atoms with van der Waals surface area (Å²) < 4.78 is 56.8. The number of aliphatic hydroxyl groups is 2. The van der Waals surface area contributed by atoms with E-state index < -0.39 is 38.6 Å². The Morgan fingerprint density at radius 2 is 1.88 bits per heavy atom. The van der Waals surface area contributed by atoms with Crippen molar-refractivity contribution in [3.05, 3.63) is 42.0 Å². The first kappa shape index (κ1) is 26.2. The van der Waals surface area contributed by atoms with Crippen LogP contribution < -0.4 is 4.74 Å². The van der Waals surface area contributed by atoms with Gasteiger partial charge in [0.1, 0.15) is 12.4 Å². The van der Waals surface area contributed by atoms with Crippen LogP contribution in [0.15, 0.2) is 36.4 Å². The van der Waals surface area contributed by atoms with E-state index in [1.54, 1.807) is 0 Å². The molecule has 6 atom stereocenters. The minimum Gasteiger partial charge on any atom is -0.491 e. The number of fused-ring (bicyclic) bond motifs is 1. The fraction of sp³-hybridized carbons (Fsp3) is 0.667. The quantitative estimate of drug-likeness (QED) is 0.411. The number of halogens is 3. The van der Waals surface area contributed by atoms with Crippen LogP contribution in [0, 0.1) is 11.8 Å². The molecule has 0 spiro atoms. The van der Waals surface area contributed by atoms with Crippen LogP contribution in [0.1, 0.15) is 39.2 Å². The van der Waals surface area contributed by atoms with E-state index >= 15 is 0 Å². The molecule has 1 aliphatic carbocycles. The van der Waals surface area contributed by atoms with Crippen molar-refractivity contribution in [2.24, 2.45) is 11.8 Å². The molecule has 2 aliphatic rings. The molecular formula is C24H35F3O5Si. The molecule has 9 heteroatoms. The van der Waals surface area contributed by atoms with Crippen molar-refractivity contribution in [2.45, 2.75) is 82.5 Å². The van der Waals surface area contributed by atoms with Crippen molar-refractivity contribution < 1.29 is 37.3 Å². The van der Waals surface area contributed by atoms with Gasteiger partial charge in [-0.15, -0.1) is 0 Å². The number of rotatable bonds is 7. The third-order valence-electron chi connectivity index (χ3n) is 7.07. The molecule has 3 rings (SSSR count). The van der Waals surface area contributed by atoms with Gasteiger partial charge in [-0.25, -0.2) is 0 Å². The Morgan fingerprint density at radius 3 is 2.52 bits per heavy atom.